The summed E-state index contributed by atoms with van der Waals surface area (Å²) < 4.78 is 20.5. The molecule has 1 unspecified atom stereocenters. The van der Waals surface area contributed by atoms with Crippen LogP contribution in [0.4, 0.5) is 15.8 Å². The quantitative estimate of drug-likeness (QED) is 0.284. The second-order valence-corrected chi connectivity index (χ2v) is 9.49. The van der Waals surface area contributed by atoms with Crippen LogP contribution in [0.25, 0.3) is 22.0 Å². The molecule has 0 N–H and O–H groups in total. The number of hydrogen-bond acceptors (Lipinski definition) is 5. The largest absolute Gasteiger partial charge is 0.626 e. The van der Waals surface area contributed by atoms with Crippen LogP contribution in [-0.2, 0) is 0 Å². The molecular formula is C26H31FN4O2. The topological polar surface area (TPSA) is 51.7 Å². The molecule has 0 bridgehead atoms. The molecule has 3 heterocycles. The number of rotatable bonds is 7. The van der Waals surface area contributed by atoms with Crippen molar-refractivity contribution in [3.05, 3.63) is 53.6 Å². The highest BCUT2D eigenvalue weighted by atomic mass is 19.1. The molecule has 1 aromatic heterocycles. The number of halogens is 1. The Morgan fingerprint density at radius 1 is 1.18 bits per heavy atom. The second kappa shape index (κ2) is 8.56. The number of ether oxygens (including phenoxy) is 1. The zero-order chi connectivity index (χ0) is 23.2. The first-order valence-electron chi connectivity index (χ1n) is 11.7. The number of pyridine rings is 1. The Morgan fingerprint density at radius 2 is 1.94 bits per heavy atom. The van der Waals surface area contributed by atoms with E-state index >= 15 is 4.39 Å². The van der Waals surface area contributed by atoms with Crippen molar-refractivity contribution in [2.24, 2.45) is 0 Å². The maximum Gasteiger partial charge on any atom is 0.169 e. The third-order valence-corrected chi connectivity index (χ3v) is 6.96. The van der Waals surface area contributed by atoms with Gasteiger partial charge in [0.25, 0.3) is 0 Å². The van der Waals surface area contributed by atoms with E-state index in [9.17, 15) is 5.21 Å². The number of fused-ring (bicyclic) bond motifs is 3. The van der Waals surface area contributed by atoms with Crippen LogP contribution in [0.15, 0.2) is 42.6 Å². The molecule has 0 amide bonds. The highest BCUT2D eigenvalue weighted by Crippen LogP contribution is 2.46. The Hall–Kier alpha value is -2.74. The van der Waals surface area contributed by atoms with Crippen molar-refractivity contribution in [3.63, 3.8) is 0 Å². The van der Waals surface area contributed by atoms with E-state index in [1.807, 2.05) is 50.1 Å². The lowest BCUT2D eigenvalue weighted by Crippen LogP contribution is -2.50. The Bertz CT molecular complexity index is 1160. The number of hydrogen-bond donors (Lipinski definition) is 0. The van der Waals surface area contributed by atoms with E-state index in [1.165, 1.54) is 25.6 Å². The molecular weight excluding hydrogens is 419 g/mol. The predicted octanol–water partition coefficient (Wildman–Crippen LogP) is 5.14. The first kappa shape index (κ1) is 22.1. The minimum atomic E-state index is -0.472. The van der Waals surface area contributed by atoms with Crippen molar-refractivity contribution in [3.8, 4) is 16.9 Å². The van der Waals surface area contributed by atoms with Gasteiger partial charge >= 0.3 is 0 Å². The van der Waals surface area contributed by atoms with Crippen LogP contribution in [0.1, 0.15) is 26.7 Å². The molecule has 0 aliphatic carbocycles. The average molecular weight is 451 g/mol. The number of anilines is 1. The molecule has 174 valence electrons. The number of benzene rings is 2. The summed E-state index contributed by atoms with van der Waals surface area (Å²) >= 11 is 0. The van der Waals surface area contributed by atoms with E-state index in [2.05, 4.69) is 9.88 Å². The van der Waals surface area contributed by atoms with Gasteiger partial charge in [0.05, 0.1) is 29.7 Å². The van der Waals surface area contributed by atoms with Crippen LogP contribution in [0.3, 0.4) is 0 Å². The summed E-state index contributed by atoms with van der Waals surface area (Å²) in [5, 5.41) is 14.5. The van der Waals surface area contributed by atoms with Gasteiger partial charge in [-0.1, -0.05) is 12.1 Å². The van der Waals surface area contributed by atoms with Crippen LogP contribution in [0.5, 0.6) is 5.75 Å². The Morgan fingerprint density at radius 3 is 2.61 bits per heavy atom. The molecule has 1 atom stereocenters. The summed E-state index contributed by atoms with van der Waals surface area (Å²) in [6, 6.07) is 10.6. The van der Waals surface area contributed by atoms with E-state index < -0.39 is 4.65 Å². The number of quaternary nitrogens is 1. The van der Waals surface area contributed by atoms with Crippen molar-refractivity contribution in [1.82, 2.24) is 14.5 Å². The highest BCUT2D eigenvalue weighted by Gasteiger charge is 2.39. The van der Waals surface area contributed by atoms with Gasteiger partial charge in [0, 0.05) is 25.2 Å². The van der Waals surface area contributed by atoms with E-state index in [4.69, 9.17) is 4.74 Å². The minimum absolute atomic E-state index is 0.162. The predicted molar refractivity (Wildman–Crippen MR) is 132 cm³/mol. The van der Waals surface area contributed by atoms with Gasteiger partial charge < -0.3 is 24.4 Å². The fraction of sp³-hybridized carbons (Fsp3) is 0.423. The third-order valence-electron chi connectivity index (χ3n) is 6.96. The highest BCUT2D eigenvalue weighted by molar-refractivity contribution is 6.01. The van der Waals surface area contributed by atoms with Crippen molar-refractivity contribution < 1.29 is 9.13 Å². The van der Waals surface area contributed by atoms with Crippen molar-refractivity contribution in [2.45, 2.75) is 32.7 Å². The van der Waals surface area contributed by atoms with E-state index in [-0.39, 0.29) is 11.9 Å². The number of likely N-dealkylation sites (tertiary alicyclic amines) is 1. The first-order valence-corrected chi connectivity index (χ1v) is 11.7. The summed E-state index contributed by atoms with van der Waals surface area (Å²) in [6.07, 6.45) is 3.99. The lowest BCUT2D eigenvalue weighted by molar-refractivity contribution is 0.165. The van der Waals surface area contributed by atoms with Gasteiger partial charge in [-0.3, -0.25) is 4.98 Å². The summed E-state index contributed by atoms with van der Waals surface area (Å²) in [7, 11) is 1.90. The first-order chi connectivity index (χ1) is 15.9. The average Bonchev–Trinajstić information content (AvgIpc) is 3.04. The molecule has 7 heteroatoms. The molecule has 2 aliphatic heterocycles. The van der Waals surface area contributed by atoms with Crippen LogP contribution in [0, 0.1) is 11.0 Å². The van der Waals surface area contributed by atoms with Crippen LogP contribution < -0.4 is 14.3 Å². The zero-order valence-electron chi connectivity index (χ0n) is 19.6. The van der Waals surface area contributed by atoms with Crippen LogP contribution in [0.2, 0.25) is 0 Å². The molecule has 5 rings (SSSR count). The fourth-order valence-corrected chi connectivity index (χ4v) is 4.79. The summed E-state index contributed by atoms with van der Waals surface area (Å²) in [5.41, 5.74) is 3.20. The van der Waals surface area contributed by atoms with Gasteiger partial charge in [0.2, 0.25) is 0 Å². The molecule has 1 fully saturated rings. The number of aromatic nitrogens is 1. The SMILES string of the molecule is CC(C)[N+]1([O-])CN(C)c2cnc3cc(F)c(-c4ccc(OCCCN5CCC5)cc4)cc3c21. The van der Waals surface area contributed by atoms with Crippen molar-refractivity contribution in [2.75, 3.05) is 44.9 Å². The number of hydroxylamine groups is 2. The normalized spacial score (nSPS) is 20.4. The molecule has 6 nitrogen and oxygen atoms in total. The van der Waals surface area contributed by atoms with Gasteiger partial charge in [-0.2, -0.15) is 0 Å². The maximum absolute atomic E-state index is 15.1. The van der Waals surface area contributed by atoms with Crippen molar-refractivity contribution in [1.29, 1.82) is 0 Å². The van der Waals surface area contributed by atoms with E-state index in [1.54, 1.807) is 12.3 Å². The molecule has 3 aromatic rings. The van der Waals surface area contributed by atoms with Gasteiger partial charge in [-0.15, -0.1) is 0 Å². The fourth-order valence-electron chi connectivity index (χ4n) is 4.79. The molecule has 0 spiro atoms. The van der Waals surface area contributed by atoms with Crippen molar-refractivity contribution >= 4 is 22.3 Å². The summed E-state index contributed by atoms with van der Waals surface area (Å²) in [6.45, 7) is 8.32. The minimum Gasteiger partial charge on any atom is -0.626 e. The zero-order valence-corrected chi connectivity index (χ0v) is 19.6. The molecule has 33 heavy (non-hydrogen) atoms. The van der Waals surface area contributed by atoms with Crippen LogP contribution >= 0.6 is 0 Å². The monoisotopic (exact) mass is 450 g/mol. The van der Waals surface area contributed by atoms with Gasteiger partial charge in [0.1, 0.15) is 17.3 Å². The molecule has 2 aromatic carbocycles. The van der Waals surface area contributed by atoms with E-state index in [0.29, 0.717) is 35.4 Å². The standard InChI is InChI=1S/C26H31FN4O2/c1-18(2)31(32)17-29(3)25-16-28-24-15-23(27)21(14-22(24)26(25)31)19-6-8-20(9-7-19)33-13-5-12-30-10-4-11-30/h6-9,14-16,18H,4-5,10-13,17H2,1-3H3. The Kier molecular flexibility index (Phi) is 5.72. The van der Waals surface area contributed by atoms with Gasteiger partial charge in [-0.05, 0) is 63.5 Å². The molecule has 0 saturated carbocycles. The molecule has 0 radical (unpaired) electrons. The number of nitrogens with zero attached hydrogens (tertiary/aromatic N) is 4. The van der Waals surface area contributed by atoms with E-state index in [0.717, 1.165) is 30.0 Å². The summed E-state index contributed by atoms with van der Waals surface area (Å²) in [5.74, 6) is 0.431. The lowest BCUT2D eigenvalue weighted by Gasteiger charge is -2.42. The van der Waals surface area contributed by atoms with Gasteiger partial charge in [-0.25, -0.2) is 4.39 Å². The Labute approximate surface area is 194 Å². The third kappa shape index (κ3) is 3.94. The summed E-state index contributed by atoms with van der Waals surface area (Å²) in [4.78, 5) is 8.81. The Balaban J connectivity index is 1.43. The lowest BCUT2D eigenvalue weighted by atomic mass is 10.0. The smallest absolute Gasteiger partial charge is 0.169 e. The van der Waals surface area contributed by atoms with Crippen LogP contribution in [-0.4, -0.2) is 55.9 Å². The molecule has 1 saturated heterocycles. The second-order valence-electron chi connectivity index (χ2n) is 9.49. The maximum atomic E-state index is 15.1. The van der Waals surface area contributed by atoms with Gasteiger partial charge in [0.15, 0.2) is 12.4 Å². The molecule has 2 aliphatic rings.